The van der Waals surface area contributed by atoms with E-state index in [1.807, 2.05) is 13.8 Å². The van der Waals surface area contributed by atoms with Gasteiger partial charge in [0.05, 0.1) is 0 Å². The van der Waals surface area contributed by atoms with Crippen LogP contribution in [0.3, 0.4) is 0 Å². The number of hydrogen-bond donors (Lipinski definition) is 1. The summed E-state index contributed by atoms with van der Waals surface area (Å²) in [5, 5.41) is 4.00. The van der Waals surface area contributed by atoms with Crippen LogP contribution in [0.5, 0.6) is 0 Å². The average molecular weight is 253 g/mol. The number of nitrogens with two attached hydrogens (primary N) is 1. The summed E-state index contributed by atoms with van der Waals surface area (Å²) < 4.78 is 10.6. The van der Waals surface area contributed by atoms with Crippen LogP contribution in [-0.4, -0.2) is 23.3 Å². The normalized spacial score (nSPS) is 25.3. The molecule has 1 aromatic heterocycles. The van der Waals surface area contributed by atoms with Crippen LogP contribution in [0, 0.1) is 5.92 Å². The van der Waals surface area contributed by atoms with Gasteiger partial charge < -0.3 is 15.0 Å². The molecule has 2 unspecified atom stereocenters. The first-order valence-electron chi connectivity index (χ1n) is 6.66. The van der Waals surface area contributed by atoms with Gasteiger partial charge in [0.15, 0.2) is 0 Å². The maximum Gasteiger partial charge on any atom is 0.227 e. The summed E-state index contributed by atoms with van der Waals surface area (Å²) >= 11 is 0. The lowest BCUT2D eigenvalue weighted by atomic mass is 9.83. The second-order valence-electron chi connectivity index (χ2n) is 5.64. The van der Waals surface area contributed by atoms with Crippen LogP contribution in [0.4, 0.5) is 0 Å². The van der Waals surface area contributed by atoms with Crippen LogP contribution in [0.1, 0.15) is 51.2 Å². The molecule has 0 saturated heterocycles. The Kier molecular flexibility index (Phi) is 4.02. The molecule has 0 radical (unpaired) electrons. The Bertz CT molecular complexity index is 389. The third-order valence-electron chi connectivity index (χ3n) is 3.92. The molecule has 2 atom stereocenters. The molecule has 0 spiro atoms. The summed E-state index contributed by atoms with van der Waals surface area (Å²) in [6, 6.07) is 0.268. The van der Waals surface area contributed by atoms with Gasteiger partial charge in [0.1, 0.15) is 5.60 Å². The Morgan fingerprint density at radius 1 is 1.39 bits per heavy atom. The molecule has 5 nitrogen and oxygen atoms in total. The zero-order valence-electron chi connectivity index (χ0n) is 11.5. The van der Waals surface area contributed by atoms with Gasteiger partial charge in [-0.05, 0) is 32.6 Å². The van der Waals surface area contributed by atoms with E-state index in [0.717, 1.165) is 19.3 Å². The van der Waals surface area contributed by atoms with Gasteiger partial charge >= 0.3 is 0 Å². The lowest BCUT2D eigenvalue weighted by Crippen LogP contribution is -2.34. The number of nitrogens with zero attached hydrogens (tertiary/aromatic N) is 2. The molecule has 1 aromatic rings. The van der Waals surface area contributed by atoms with Gasteiger partial charge in [0.2, 0.25) is 11.7 Å². The number of hydrogen-bond acceptors (Lipinski definition) is 5. The lowest BCUT2D eigenvalue weighted by molar-refractivity contribution is 0.00973. The summed E-state index contributed by atoms with van der Waals surface area (Å²) in [6.07, 6.45) is 5.54. The summed E-state index contributed by atoms with van der Waals surface area (Å²) in [5.41, 5.74) is 5.63. The standard InChI is InChI=1S/C13H23N3O2/c1-13(2,17-3)12-15-11(18-16-12)8-9-6-4-5-7-10(9)14/h9-10H,4-8,14H2,1-3H3. The largest absolute Gasteiger partial charge is 0.371 e. The second kappa shape index (κ2) is 5.36. The highest BCUT2D eigenvalue weighted by Crippen LogP contribution is 2.27. The van der Waals surface area contributed by atoms with Crippen LogP contribution >= 0.6 is 0 Å². The Labute approximate surface area is 108 Å². The molecule has 1 aliphatic carbocycles. The highest BCUT2D eigenvalue weighted by molar-refractivity contribution is 4.98. The van der Waals surface area contributed by atoms with Crippen molar-refractivity contribution < 1.29 is 9.26 Å². The van der Waals surface area contributed by atoms with E-state index in [4.69, 9.17) is 15.0 Å². The van der Waals surface area contributed by atoms with Gasteiger partial charge in [0, 0.05) is 19.6 Å². The van der Waals surface area contributed by atoms with Crippen molar-refractivity contribution in [1.82, 2.24) is 10.1 Å². The van der Waals surface area contributed by atoms with Gasteiger partial charge in [-0.2, -0.15) is 4.98 Å². The van der Waals surface area contributed by atoms with Crippen LogP contribution < -0.4 is 5.73 Å². The molecule has 18 heavy (non-hydrogen) atoms. The molecule has 0 amide bonds. The highest BCUT2D eigenvalue weighted by Gasteiger charge is 2.28. The Morgan fingerprint density at radius 2 is 2.11 bits per heavy atom. The van der Waals surface area contributed by atoms with E-state index in [9.17, 15) is 0 Å². The number of rotatable bonds is 4. The first kappa shape index (κ1) is 13.5. The zero-order chi connectivity index (χ0) is 13.2. The molecule has 1 heterocycles. The maximum absolute atomic E-state index is 6.13. The Balaban J connectivity index is 2.02. The van der Waals surface area contributed by atoms with Crippen LogP contribution in [0.15, 0.2) is 4.52 Å². The maximum atomic E-state index is 6.13. The topological polar surface area (TPSA) is 74.2 Å². The average Bonchev–Trinajstić information content (AvgIpc) is 2.81. The SMILES string of the molecule is COC(C)(C)c1noc(CC2CCCCC2N)n1. The van der Waals surface area contributed by atoms with E-state index in [1.54, 1.807) is 7.11 Å². The molecular weight excluding hydrogens is 230 g/mol. The van der Waals surface area contributed by atoms with Gasteiger partial charge in [-0.3, -0.25) is 0 Å². The van der Waals surface area contributed by atoms with E-state index in [0.29, 0.717) is 17.6 Å². The molecule has 2 N–H and O–H groups in total. The quantitative estimate of drug-likeness (QED) is 0.888. The van der Waals surface area contributed by atoms with Crippen LogP contribution in [0.25, 0.3) is 0 Å². The van der Waals surface area contributed by atoms with Crippen molar-refractivity contribution in [3.05, 3.63) is 11.7 Å². The van der Waals surface area contributed by atoms with Gasteiger partial charge in [-0.15, -0.1) is 0 Å². The monoisotopic (exact) mass is 253 g/mol. The van der Waals surface area contributed by atoms with Crippen molar-refractivity contribution in [3.8, 4) is 0 Å². The summed E-state index contributed by atoms with van der Waals surface area (Å²) in [5.74, 6) is 1.75. The van der Waals surface area contributed by atoms with Gasteiger partial charge in [0.25, 0.3) is 0 Å². The van der Waals surface area contributed by atoms with Crippen molar-refractivity contribution in [1.29, 1.82) is 0 Å². The summed E-state index contributed by atoms with van der Waals surface area (Å²) in [6.45, 7) is 3.85. The minimum absolute atomic E-state index is 0.268. The molecule has 0 bridgehead atoms. The van der Waals surface area contributed by atoms with E-state index in [-0.39, 0.29) is 6.04 Å². The predicted molar refractivity (Wildman–Crippen MR) is 68.0 cm³/mol. The van der Waals surface area contributed by atoms with Gasteiger partial charge in [-0.25, -0.2) is 0 Å². The molecule has 1 aliphatic rings. The first-order valence-corrected chi connectivity index (χ1v) is 6.66. The van der Waals surface area contributed by atoms with Crippen molar-refractivity contribution in [2.75, 3.05) is 7.11 Å². The molecule has 1 saturated carbocycles. The van der Waals surface area contributed by atoms with E-state index in [1.165, 1.54) is 12.8 Å². The minimum Gasteiger partial charge on any atom is -0.371 e. The molecular formula is C13H23N3O2. The number of methoxy groups -OCH3 is 1. The number of ether oxygens (including phenoxy) is 1. The van der Waals surface area contributed by atoms with Crippen LogP contribution in [-0.2, 0) is 16.8 Å². The van der Waals surface area contributed by atoms with Crippen molar-refractivity contribution >= 4 is 0 Å². The lowest BCUT2D eigenvalue weighted by Gasteiger charge is -2.27. The molecule has 2 rings (SSSR count). The second-order valence-corrected chi connectivity index (χ2v) is 5.64. The summed E-state index contributed by atoms with van der Waals surface area (Å²) in [7, 11) is 1.65. The zero-order valence-corrected chi connectivity index (χ0v) is 11.5. The molecule has 5 heteroatoms. The third kappa shape index (κ3) is 2.90. The van der Waals surface area contributed by atoms with E-state index >= 15 is 0 Å². The third-order valence-corrected chi connectivity index (χ3v) is 3.92. The van der Waals surface area contributed by atoms with Crippen LogP contribution in [0.2, 0.25) is 0 Å². The predicted octanol–water partition coefficient (Wildman–Crippen LogP) is 2.01. The molecule has 102 valence electrons. The highest BCUT2D eigenvalue weighted by atomic mass is 16.5. The molecule has 1 fully saturated rings. The Morgan fingerprint density at radius 3 is 2.78 bits per heavy atom. The fraction of sp³-hybridized carbons (Fsp3) is 0.846. The first-order chi connectivity index (χ1) is 8.53. The summed E-state index contributed by atoms with van der Waals surface area (Å²) in [4.78, 5) is 4.42. The van der Waals surface area contributed by atoms with E-state index in [2.05, 4.69) is 10.1 Å². The van der Waals surface area contributed by atoms with Crippen molar-refractivity contribution in [2.45, 2.75) is 57.6 Å². The fourth-order valence-electron chi connectivity index (χ4n) is 2.39. The van der Waals surface area contributed by atoms with Gasteiger partial charge in [-0.1, -0.05) is 18.0 Å². The number of aromatic nitrogens is 2. The van der Waals surface area contributed by atoms with E-state index < -0.39 is 5.60 Å². The minimum atomic E-state index is -0.504. The van der Waals surface area contributed by atoms with Crippen molar-refractivity contribution in [2.24, 2.45) is 11.7 Å². The fourth-order valence-corrected chi connectivity index (χ4v) is 2.39. The molecule has 0 aliphatic heterocycles. The molecule has 0 aromatic carbocycles. The smallest absolute Gasteiger partial charge is 0.227 e. The Hall–Kier alpha value is -0.940. The van der Waals surface area contributed by atoms with Crippen molar-refractivity contribution in [3.63, 3.8) is 0 Å².